The molecule has 0 unspecified atom stereocenters. The van der Waals surface area contributed by atoms with E-state index >= 15 is 0 Å². The van der Waals surface area contributed by atoms with Crippen LogP contribution in [0.4, 0.5) is 11.4 Å². The highest BCUT2D eigenvalue weighted by atomic mass is 32.2. The summed E-state index contributed by atoms with van der Waals surface area (Å²) in [5, 5.41) is 2.86. The van der Waals surface area contributed by atoms with Crippen LogP contribution in [0.3, 0.4) is 0 Å². The molecule has 0 spiro atoms. The van der Waals surface area contributed by atoms with E-state index in [1.807, 2.05) is 31.2 Å². The molecule has 0 aliphatic carbocycles. The van der Waals surface area contributed by atoms with Crippen LogP contribution in [0.2, 0.25) is 0 Å². The monoisotopic (exact) mass is 415 g/mol. The van der Waals surface area contributed by atoms with Crippen molar-refractivity contribution < 1.29 is 18.0 Å². The maximum Gasteiger partial charge on any atom is 0.229 e. The zero-order valence-electron chi connectivity index (χ0n) is 16.5. The minimum Gasteiger partial charge on any atom is -0.352 e. The van der Waals surface area contributed by atoms with E-state index in [-0.39, 0.29) is 24.8 Å². The van der Waals surface area contributed by atoms with Crippen LogP contribution in [0.1, 0.15) is 24.5 Å². The zero-order valence-corrected chi connectivity index (χ0v) is 17.3. The number of hydrogen-bond acceptors (Lipinski definition) is 4. The third-order valence-corrected chi connectivity index (χ3v) is 5.46. The second kappa shape index (κ2) is 8.65. The Bertz CT molecular complexity index is 1020. The van der Waals surface area contributed by atoms with Gasteiger partial charge in [0.2, 0.25) is 21.8 Å². The van der Waals surface area contributed by atoms with Crippen molar-refractivity contribution in [1.29, 1.82) is 0 Å². The van der Waals surface area contributed by atoms with Gasteiger partial charge < -0.3 is 10.2 Å². The Labute approximate surface area is 171 Å². The Morgan fingerprint density at radius 3 is 2.66 bits per heavy atom. The molecule has 2 aromatic rings. The van der Waals surface area contributed by atoms with Crippen molar-refractivity contribution in [1.82, 2.24) is 5.32 Å². The van der Waals surface area contributed by atoms with Gasteiger partial charge in [-0.1, -0.05) is 37.3 Å². The second-order valence-corrected chi connectivity index (χ2v) is 8.93. The average molecular weight is 416 g/mol. The van der Waals surface area contributed by atoms with Gasteiger partial charge in [-0.3, -0.25) is 14.3 Å². The number of carbonyl (C=O) groups excluding carboxylic acids is 2. The van der Waals surface area contributed by atoms with Gasteiger partial charge in [0.25, 0.3) is 0 Å². The van der Waals surface area contributed by atoms with Crippen molar-refractivity contribution in [2.75, 3.05) is 22.4 Å². The van der Waals surface area contributed by atoms with Crippen molar-refractivity contribution in [2.24, 2.45) is 5.92 Å². The Balaban J connectivity index is 1.62. The number of sulfonamides is 1. The largest absolute Gasteiger partial charge is 0.352 e. The molecular weight excluding hydrogens is 390 g/mol. The van der Waals surface area contributed by atoms with Crippen LogP contribution in [0, 0.1) is 5.92 Å². The predicted molar refractivity (Wildman–Crippen MR) is 113 cm³/mol. The molecule has 1 aliphatic rings. The van der Waals surface area contributed by atoms with E-state index in [0.717, 1.165) is 29.5 Å². The third kappa shape index (κ3) is 5.35. The fraction of sp³-hybridized carbons (Fsp3) is 0.333. The highest BCUT2D eigenvalue weighted by molar-refractivity contribution is 7.92. The fourth-order valence-electron chi connectivity index (χ4n) is 3.48. The molecule has 1 aliphatic heterocycles. The van der Waals surface area contributed by atoms with Gasteiger partial charge in [0.1, 0.15) is 0 Å². The van der Waals surface area contributed by atoms with Gasteiger partial charge in [0.15, 0.2) is 0 Å². The van der Waals surface area contributed by atoms with E-state index in [9.17, 15) is 18.0 Å². The number of para-hydroxylation sites is 1. The van der Waals surface area contributed by atoms with Crippen molar-refractivity contribution in [3.8, 4) is 0 Å². The SMILES string of the molecule is CCc1ccccc1N1C[C@H](C(=O)NCc2cccc(NS(C)(=O)=O)c2)CC1=O. The summed E-state index contributed by atoms with van der Waals surface area (Å²) in [4.78, 5) is 26.8. The lowest BCUT2D eigenvalue weighted by Gasteiger charge is -2.20. The first-order chi connectivity index (χ1) is 13.8. The topological polar surface area (TPSA) is 95.6 Å². The highest BCUT2D eigenvalue weighted by Crippen LogP contribution is 2.28. The summed E-state index contributed by atoms with van der Waals surface area (Å²) >= 11 is 0. The predicted octanol–water partition coefficient (Wildman–Crippen LogP) is 2.29. The maximum absolute atomic E-state index is 12.6. The van der Waals surface area contributed by atoms with Gasteiger partial charge in [-0.15, -0.1) is 0 Å². The summed E-state index contributed by atoms with van der Waals surface area (Å²) in [6.45, 7) is 2.65. The molecule has 2 amide bonds. The average Bonchev–Trinajstić information content (AvgIpc) is 3.06. The highest BCUT2D eigenvalue weighted by Gasteiger charge is 2.35. The van der Waals surface area contributed by atoms with E-state index in [1.54, 1.807) is 29.2 Å². The summed E-state index contributed by atoms with van der Waals surface area (Å²) in [7, 11) is -3.36. The minimum atomic E-state index is -3.36. The maximum atomic E-state index is 12.6. The zero-order chi connectivity index (χ0) is 21.0. The first kappa shape index (κ1) is 20.9. The molecule has 29 heavy (non-hydrogen) atoms. The molecule has 0 radical (unpaired) electrons. The molecule has 0 aromatic heterocycles. The Kier molecular flexibility index (Phi) is 6.22. The van der Waals surface area contributed by atoms with Gasteiger partial charge in [0, 0.05) is 30.9 Å². The number of aryl methyl sites for hydroxylation is 1. The number of benzene rings is 2. The first-order valence-corrected chi connectivity index (χ1v) is 11.4. The first-order valence-electron chi connectivity index (χ1n) is 9.49. The smallest absolute Gasteiger partial charge is 0.229 e. The lowest BCUT2D eigenvalue weighted by molar-refractivity contribution is -0.126. The molecule has 3 rings (SSSR count). The number of rotatable bonds is 7. The summed E-state index contributed by atoms with van der Waals surface area (Å²) in [5.74, 6) is -0.647. The third-order valence-electron chi connectivity index (χ3n) is 4.86. The summed E-state index contributed by atoms with van der Waals surface area (Å²) < 4.78 is 25.1. The Hall–Kier alpha value is -2.87. The number of anilines is 2. The van der Waals surface area contributed by atoms with E-state index in [2.05, 4.69) is 10.0 Å². The van der Waals surface area contributed by atoms with E-state index in [0.29, 0.717) is 12.2 Å². The lowest BCUT2D eigenvalue weighted by Crippen LogP contribution is -2.32. The van der Waals surface area contributed by atoms with Gasteiger partial charge in [-0.25, -0.2) is 8.42 Å². The van der Waals surface area contributed by atoms with Crippen LogP contribution in [0.25, 0.3) is 0 Å². The lowest BCUT2D eigenvalue weighted by atomic mass is 10.1. The van der Waals surface area contributed by atoms with E-state index in [1.165, 1.54) is 0 Å². The van der Waals surface area contributed by atoms with Crippen LogP contribution in [0.15, 0.2) is 48.5 Å². The molecule has 1 saturated heterocycles. The fourth-order valence-corrected chi connectivity index (χ4v) is 4.04. The Morgan fingerprint density at radius 1 is 1.17 bits per heavy atom. The van der Waals surface area contributed by atoms with Crippen molar-refractivity contribution in [3.05, 3.63) is 59.7 Å². The van der Waals surface area contributed by atoms with Gasteiger partial charge in [-0.05, 0) is 35.7 Å². The summed E-state index contributed by atoms with van der Waals surface area (Å²) in [5.41, 5.74) is 3.16. The van der Waals surface area contributed by atoms with Crippen molar-refractivity contribution in [2.45, 2.75) is 26.3 Å². The molecule has 2 N–H and O–H groups in total. The number of nitrogens with one attached hydrogen (secondary N) is 2. The van der Waals surface area contributed by atoms with Crippen LogP contribution in [-0.2, 0) is 32.6 Å². The van der Waals surface area contributed by atoms with Gasteiger partial charge in [0.05, 0.1) is 12.2 Å². The molecule has 8 heteroatoms. The normalized spacial score (nSPS) is 16.7. The number of hydrogen-bond donors (Lipinski definition) is 2. The molecule has 1 heterocycles. The number of amides is 2. The molecule has 0 bridgehead atoms. The van der Waals surface area contributed by atoms with Gasteiger partial charge >= 0.3 is 0 Å². The standard InChI is InChI=1S/C21H25N3O4S/c1-3-16-8-4-5-10-19(16)24-14-17(12-20(24)25)21(26)22-13-15-7-6-9-18(11-15)23-29(2,27)28/h4-11,17,23H,3,12-14H2,1-2H3,(H,22,26)/t17-/m1/s1. The van der Waals surface area contributed by atoms with Crippen LogP contribution in [0.5, 0.6) is 0 Å². The number of carbonyl (C=O) groups is 2. The van der Waals surface area contributed by atoms with E-state index in [4.69, 9.17) is 0 Å². The molecule has 1 atom stereocenters. The molecule has 7 nitrogen and oxygen atoms in total. The van der Waals surface area contributed by atoms with Crippen LogP contribution < -0.4 is 14.9 Å². The van der Waals surface area contributed by atoms with Crippen LogP contribution >= 0.6 is 0 Å². The summed E-state index contributed by atoms with van der Waals surface area (Å²) in [6, 6.07) is 14.6. The second-order valence-electron chi connectivity index (χ2n) is 7.18. The van der Waals surface area contributed by atoms with Crippen molar-refractivity contribution in [3.63, 3.8) is 0 Å². The molecule has 1 fully saturated rings. The van der Waals surface area contributed by atoms with Crippen LogP contribution in [-0.4, -0.2) is 33.0 Å². The summed E-state index contributed by atoms with van der Waals surface area (Å²) in [6.07, 6.45) is 2.08. The number of nitrogens with zero attached hydrogens (tertiary/aromatic N) is 1. The molecule has 0 saturated carbocycles. The Morgan fingerprint density at radius 2 is 1.93 bits per heavy atom. The van der Waals surface area contributed by atoms with Gasteiger partial charge in [-0.2, -0.15) is 0 Å². The minimum absolute atomic E-state index is 0.0506. The molecule has 154 valence electrons. The quantitative estimate of drug-likeness (QED) is 0.725. The molecular formula is C21H25N3O4S. The van der Waals surface area contributed by atoms with E-state index < -0.39 is 15.9 Å². The molecule has 2 aromatic carbocycles. The van der Waals surface area contributed by atoms with Crippen molar-refractivity contribution >= 4 is 33.2 Å².